The van der Waals surface area contributed by atoms with E-state index in [0.717, 1.165) is 10.9 Å². The number of esters is 1. The Labute approximate surface area is 156 Å². The minimum absolute atomic E-state index is 0.0639. The fraction of sp³-hybridized carbons (Fsp3) is 0.190. The molecule has 0 bridgehead atoms. The van der Waals surface area contributed by atoms with Crippen molar-refractivity contribution in [3.05, 3.63) is 76.6 Å². The van der Waals surface area contributed by atoms with Crippen molar-refractivity contribution in [2.45, 2.75) is 19.8 Å². The summed E-state index contributed by atoms with van der Waals surface area (Å²) in [5.74, 6) is -1.19. The minimum Gasteiger partial charge on any atom is -0.461 e. The summed E-state index contributed by atoms with van der Waals surface area (Å²) >= 11 is 6.35. The highest BCUT2D eigenvalue weighted by atomic mass is 35.5. The van der Waals surface area contributed by atoms with Crippen molar-refractivity contribution in [1.82, 2.24) is 4.98 Å². The third-order valence-corrected chi connectivity index (χ3v) is 4.48. The molecule has 0 radical (unpaired) electrons. The predicted molar refractivity (Wildman–Crippen MR) is 102 cm³/mol. The molecule has 0 aliphatic carbocycles. The van der Waals surface area contributed by atoms with E-state index in [9.17, 15) is 9.59 Å². The zero-order chi connectivity index (χ0) is 18.7. The Balaban J connectivity index is 2.30. The first-order chi connectivity index (χ1) is 12.5. The number of ketones is 1. The summed E-state index contributed by atoms with van der Waals surface area (Å²) in [5.41, 5.74) is 1.46. The number of aromatic nitrogens is 1. The van der Waals surface area contributed by atoms with Gasteiger partial charge in [0, 0.05) is 15.8 Å². The van der Waals surface area contributed by atoms with Gasteiger partial charge < -0.3 is 4.74 Å². The van der Waals surface area contributed by atoms with E-state index in [1.807, 2.05) is 42.5 Å². The van der Waals surface area contributed by atoms with Gasteiger partial charge in [0.25, 0.3) is 0 Å². The number of hydrogen-bond acceptors (Lipinski definition) is 4. The average Bonchev–Trinajstić information content (AvgIpc) is 2.63. The Morgan fingerprint density at radius 1 is 1.08 bits per heavy atom. The Morgan fingerprint density at radius 3 is 2.46 bits per heavy atom. The fourth-order valence-electron chi connectivity index (χ4n) is 3.03. The number of carbonyl (C=O) groups excluding carboxylic acids is 2. The molecule has 0 spiro atoms. The molecular formula is C21H18ClNO3. The van der Waals surface area contributed by atoms with Crippen molar-refractivity contribution < 1.29 is 14.3 Å². The van der Waals surface area contributed by atoms with E-state index in [1.165, 1.54) is 6.92 Å². The number of fused-ring (bicyclic) bond motifs is 1. The van der Waals surface area contributed by atoms with Gasteiger partial charge in [-0.15, -0.1) is 0 Å². The molecule has 3 rings (SSSR count). The third kappa shape index (κ3) is 3.46. The van der Waals surface area contributed by atoms with Gasteiger partial charge in [-0.1, -0.05) is 54.1 Å². The molecule has 0 aliphatic rings. The summed E-state index contributed by atoms with van der Waals surface area (Å²) in [7, 11) is 0. The molecule has 132 valence electrons. The maximum absolute atomic E-state index is 12.5. The maximum Gasteiger partial charge on any atom is 0.356 e. The predicted octanol–water partition coefficient (Wildman–Crippen LogP) is 4.79. The first kappa shape index (κ1) is 18.1. The van der Waals surface area contributed by atoms with Gasteiger partial charge in [-0.25, -0.2) is 9.78 Å². The zero-order valence-electron chi connectivity index (χ0n) is 14.5. The molecule has 0 N–H and O–H groups in total. The Morgan fingerprint density at radius 2 is 1.81 bits per heavy atom. The highest BCUT2D eigenvalue weighted by Crippen LogP contribution is 2.33. The number of nitrogens with zero attached hydrogens (tertiary/aromatic N) is 1. The van der Waals surface area contributed by atoms with Crippen LogP contribution in [0.4, 0.5) is 0 Å². The van der Waals surface area contributed by atoms with E-state index in [-0.39, 0.29) is 18.1 Å². The van der Waals surface area contributed by atoms with E-state index in [0.29, 0.717) is 16.1 Å². The molecule has 1 atom stereocenters. The monoisotopic (exact) mass is 367 g/mol. The second kappa shape index (κ2) is 7.67. The van der Waals surface area contributed by atoms with Crippen LogP contribution in [-0.2, 0) is 9.53 Å². The SMILES string of the molecule is CCOC(=O)c1cc2c(Cl)cccc2c(C(C(C)=O)c2ccccc2)n1. The average molecular weight is 368 g/mol. The van der Waals surface area contributed by atoms with E-state index in [1.54, 1.807) is 19.1 Å². The third-order valence-electron chi connectivity index (χ3n) is 4.15. The van der Waals surface area contributed by atoms with Crippen LogP contribution in [0, 0.1) is 0 Å². The van der Waals surface area contributed by atoms with Crippen LogP contribution < -0.4 is 0 Å². The molecular weight excluding hydrogens is 350 g/mol. The summed E-state index contributed by atoms with van der Waals surface area (Å²) < 4.78 is 5.09. The minimum atomic E-state index is -0.591. The lowest BCUT2D eigenvalue weighted by Crippen LogP contribution is -2.16. The largest absolute Gasteiger partial charge is 0.461 e. The van der Waals surface area contributed by atoms with Crippen molar-refractivity contribution in [2.24, 2.45) is 0 Å². The lowest BCUT2D eigenvalue weighted by Gasteiger charge is -2.18. The van der Waals surface area contributed by atoms with Crippen LogP contribution in [0.2, 0.25) is 5.02 Å². The summed E-state index contributed by atoms with van der Waals surface area (Å²) in [6, 6.07) is 16.4. The van der Waals surface area contributed by atoms with Crippen molar-refractivity contribution in [3.8, 4) is 0 Å². The van der Waals surface area contributed by atoms with Gasteiger partial charge >= 0.3 is 5.97 Å². The number of benzene rings is 2. The molecule has 26 heavy (non-hydrogen) atoms. The van der Waals surface area contributed by atoms with Gasteiger partial charge in [-0.05, 0) is 31.5 Å². The first-order valence-electron chi connectivity index (χ1n) is 8.34. The number of halogens is 1. The van der Waals surface area contributed by atoms with E-state index < -0.39 is 11.9 Å². The van der Waals surface area contributed by atoms with Crippen molar-refractivity contribution in [2.75, 3.05) is 6.61 Å². The van der Waals surface area contributed by atoms with Gasteiger partial charge in [0.1, 0.15) is 11.5 Å². The fourth-order valence-corrected chi connectivity index (χ4v) is 3.26. The number of Topliss-reactive ketones (excluding diaryl/α,β-unsaturated/α-hetero) is 1. The standard InChI is InChI=1S/C21H18ClNO3/c1-3-26-21(25)18-12-16-15(10-7-11-17(16)22)20(23-18)19(13(2)24)14-8-5-4-6-9-14/h4-12,19H,3H2,1-2H3. The van der Waals surface area contributed by atoms with E-state index in [2.05, 4.69) is 4.98 Å². The number of pyridine rings is 1. The highest BCUT2D eigenvalue weighted by Gasteiger charge is 2.25. The number of rotatable bonds is 5. The molecule has 5 heteroatoms. The normalized spacial score (nSPS) is 12.0. The Bertz CT molecular complexity index is 970. The summed E-state index contributed by atoms with van der Waals surface area (Å²) in [6.07, 6.45) is 0. The van der Waals surface area contributed by atoms with Crippen molar-refractivity contribution in [3.63, 3.8) is 0 Å². The number of ether oxygens (including phenoxy) is 1. The summed E-state index contributed by atoms with van der Waals surface area (Å²) in [5, 5.41) is 1.91. The van der Waals surface area contributed by atoms with Gasteiger partial charge in [0.05, 0.1) is 18.2 Å². The topological polar surface area (TPSA) is 56.3 Å². The lowest BCUT2D eigenvalue weighted by molar-refractivity contribution is -0.117. The summed E-state index contributed by atoms with van der Waals surface area (Å²) in [4.78, 5) is 29.3. The molecule has 3 aromatic rings. The van der Waals surface area contributed by atoms with Crippen molar-refractivity contribution >= 4 is 34.1 Å². The molecule has 0 saturated carbocycles. The van der Waals surface area contributed by atoms with Crippen LogP contribution in [0.1, 0.15) is 41.5 Å². The molecule has 0 saturated heterocycles. The van der Waals surface area contributed by atoms with Gasteiger partial charge in [-0.3, -0.25) is 4.79 Å². The highest BCUT2D eigenvalue weighted by molar-refractivity contribution is 6.35. The van der Waals surface area contributed by atoms with Crippen LogP contribution in [0.15, 0.2) is 54.6 Å². The Kier molecular flexibility index (Phi) is 5.33. The van der Waals surface area contributed by atoms with Crippen LogP contribution in [0.5, 0.6) is 0 Å². The number of hydrogen-bond donors (Lipinski definition) is 0. The molecule has 4 nitrogen and oxygen atoms in total. The molecule has 0 amide bonds. The zero-order valence-corrected chi connectivity index (χ0v) is 15.3. The van der Waals surface area contributed by atoms with Crippen LogP contribution >= 0.6 is 11.6 Å². The molecule has 0 aliphatic heterocycles. The smallest absolute Gasteiger partial charge is 0.356 e. The first-order valence-corrected chi connectivity index (χ1v) is 8.72. The second-order valence-electron chi connectivity index (χ2n) is 5.90. The van der Waals surface area contributed by atoms with Gasteiger partial charge in [0.15, 0.2) is 0 Å². The molecule has 0 fully saturated rings. The quantitative estimate of drug-likeness (QED) is 0.608. The molecule has 1 heterocycles. The molecule has 2 aromatic carbocycles. The van der Waals surface area contributed by atoms with E-state index >= 15 is 0 Å². The van der Waals surface area contributed by atoms with Gasteiger partial charge in [-0.2, -0.15) is 0 Å². The van der Waals surface area contributed by atoms with Crippen molar-refractivity contribution in [1.29, 1.82) is 0 Å². The second-order valence-corrected chi connectivity index (χ2v) is 6.31. The number of carbonyl (C=O) groups is 2. The molecule has 1 aromatic heterocycles. The van der Waals surface area contributed by atoms with Crippen LogP contribution in [0.25, 0.3) is 10.8 Å². The van der Waals surface area contributed by atoms with Crippen LogP contribution in [0.3, 0.4) is 0 Å². The maximum atomic E-state index is 12.5. The lowest BCUT2D eigenvalue weighted by atomic mass is 9.89. The van der Waals surface area contributed by atoms with Gasteiger partial charge in [0.2, 0.25) is 0 Å². The Hall–Kier alpha value is -2.72. The van der Waals surface area contributed by atoms with E-state index in [4.69, 9.17) is 16.3 Å². The van der Waals surface area contributed by atoms with Crippen LogP contribution in [-0.4, -0.2) is 23.3 Å². The molecule has 1 unspecified atom stereocenters. The summed E-state index contributed by atoms with van der Waals surface area (Å²) in [6.45, 7) is 3.49.